The van der Waals surface area contributed by atoms with Crippen molar-refractivity contribution in [2.75, 3.05) is 18.1 Å². The molecule has 1 heterocycles. The normalized spacial score (nSPS) is 23.9. The lowest BCUT2D eigenvalue weighted by Gasteiger charge is -2.27. The summed E-state index contributed by atoms with van der Waals surface area (Å²) in [4.78, 5) is 0. The van der Waals surface area contributed by atoms with Crippen molar-refractivity contribution in [2.45, 2.75) is 31.3 Å². The highest BCUT2D eigenvalue weighted by atomic mass is 32.2. The van der Waals surface area contributed by atoms with Gasteiger partial charge in [0.15, 0.2) is 9.84 Å². The first-order valence-electron chi connectivity index (χ1n) is 6.70. The van der Waals surface area contributed by atoms with Crippen LogP contribution in [0, 0.1) is 0 Å². The second-order valence-electron chi connectivity index (χ2n) is 5.19. The van der Waals surface area contributed by atoms with E-state index in [2.05, 4.69) is 5.32 Å². The predicted octanol–water partition coefficient (Wildman–Crippen LogP) is 0.757. The monoisotopic (exact) mass is 283 g/mol. The molecule has 19 heavy (non-hydrogen) atoms. The minimum Gasteiger partial charge on any atom is -0.395 e. The van der Waals surface area contributed by atoms with Gasteiger partial charge < -0.3 is 10.4 Å². The van der Waals surface area contributed by atoms with Crippen LogP contribution in [-0.4, -0.2) is 43.7 Å². The molecule has 1 aliphatic rings. The first-order valence-corrected chi connectivity index (χ1v) is 8.52. The molecule has 2 atom stereocenters. The fourth-order valence-electron chi connectivity index (χ4n) is 2.56. The average molecular weight is 283 g/mol. The van der Waals surface area contributed by atoms with Gasteiger partial charge in [-0.2, -0.15) is 0 Å². The minimum absolute atomic E-state index is 0.0193. The van der Waals surface area contributed by atoms with Crippen molar-refractivity contribution in [3.63, 3.8) is 0 Å². The van der Waals surface area contributed by atoms with Crippen LogP contribution >= 0.6 is 0 Å². The van der Waals surface area contributed by atoms with E-state index >= 15 is 0 Å². The zero-order valence-corrected chi connectivity index (χ0v) is 11.8. The zero-order chi connectivity index (χ0) is 13.7. The van der Waals surface area contributed by atoms with Crippen LogP contribution in [0.15, 0.2) is 30.3 Å². The Balaban J connectivity index is 1.92. The van der Waals surface area contributed by atoms with Crippen molar-refractivity contribution < 1.29 is 13.5 Å². The van der Waals surface area contributed by atoms with Crippen molar-refractivity contribution in [3.8, 4) is 0 Å². The second-order valence-corrected chi connectivity index (χ2v) is 7.42. The highest BCUT2D eigenvalue weighted by Gasteiger charge is 2.26. The third-order valence-electron chi connectivity index (χ3n) is 3.48. The third kappa shape index (κ3) is 4.60. The molecule has 0 radical (unpaired) electrons. The van der Waals surface area contributed by atoms with Crippen molar-refractivity contribution in [1.82, 2.24) is 5.32 Å². The van der Waals surface area contributed by atoms with Crippen molar-refractivity contribution in [1.29, 1.82) is 0 Å². The highest BCUT2D eigenvalue weighted by molar-refractivity contribution is 7.91. The van der Waals surface area contributed by atoms with E-state index in [0.29, 0.717) is 18.6 Å². The molecule has 5 heteroatoms. The van der Waals surface area contributed by atoms with E-state index in [-0.39, 0.29) is 24.4 Å². The number of aliphatic hydroxyl groups is 1. The van der Waals surface area contributed by atoms with Gasteiger partial charge in [0.25, 0.3) is 0 Å². The fraction of sp³-hybridized carbons (Fsp3) is 0.571. The van der Waals surface area contributed by atoms with Gasteiger partial charge in [-0.3, -0.25) is 0 Å². The molecule has 0 saturated carbocycles. The first-order chi connectivity index (χ1) is 9.09. The quantitative estimate of drug-likeness (QED) is 0.837. The lowest BCUT2D eigenvalue weighted by molar-refractivity contribution is 0.229. The maximum atomic E-state index is 11.6. The summed E-state index contributed by atoms with van der Waals surface area (Å²) in [6.07, 6.45) is 2.29. The number of sulfone groups is 1. The molecule has 0 aliphatic carbocycles. The van der Waals surface area contributed by atoms with Crippen molar-refractivity contribution in [3.05, 3.63) is 35.9 Å². The number of hydrogen-bond donors (Lipinski definition) is 2. The summed E-state index contributed by atoms with van der Waals surface area (Å²) in [5.74, 6) is 0.492. The van der Waals surface area contributed by atoms with E-state index in [0.717, 1.165) is 12.0 Å². The van der Waals surface area contributed by atoms with Crippen LogP contribution in [-0.2, 0) is 16.3 Å². The van der Waals surface area contributed by atoms with Crippen LogP contribution in [0.4, 0.5) is 0 Å². The van der Waals surface area contributed by atoms with E-state index < -0.39 is 9.84 Å². The van der Waals surface area contributed by atoms with Crippen LogP contribution in [0.2, 0.25) is 0 Å². The molecule has 1 saturated heterocycles. The first kappa shape index (κ1) is 14.5. The SMILES string of the molecule is O=S1(=O)CCCC(N[C@@H](CO)Cc2ccccc2)C1. The smallest absolute Gasteiger partial charge is 0.151 e. The molecule has 1 fully saturated rings. The maximum Gasteiger partial charge on any atom is 0.151 e. The lowest BCUT2D eigenvalue weighted by atomic mass is 10.0. The van der Waals surface area contributed by atoms with E-state index in [1.54, 1.807) is 0 Å². The number of nitrogens with one attached hydrogen (secondary N) is 1. The Bertz CT molecular complexity index is 487. The summed E-state index contributed by atoms with van der Waals surface area (Å²) >= 11 is 0. The van der Waals surface area contributed by atoms with Crippen LogP contribution in [0.25, 0.3) is 0 Å². The molecular formula is C14H21NO3S. The van der Waals surface area contributed by atoms with Crippen molar-refractivity contribution in [2.24, 2.45) is 0 Å². The van der Waals surface area contributed by atoms with Gasteiger partial charge in [-0.15, -0.1) is 0 Å². The van der Waals surface area contributed by atoms with Gasteiger partial charge in [0, 0.05) is 12.1 Å². The summed E-state index contributed by atoms with van der Waals surface area (Å²) in [6.45, 7) is 0.0193. The molecule has 106 valence electrons. The molecule has 0 bridgehead atoms. The fourth-order valence-corrected chi connectivity index (χ4v) is 4.21. The number of aliphatic hydroxyl groups excluding tert-OH is 1. The molecule has 1 aromatic rings. The standard InChI is InChI=1S/C14H21NO3S/c16-10-14(9-12-5-2-1-3-6-12)15-13-7-4-8-19(17,18)11-13/h1-3,5-6,13-16H,4,7-11H2/t13?,14-/m1/s1. The Hall–Kier alpha value is -0.910. The highest BCUT2D eigenvalue weighted by Crippen LogP contribution is 2.13. The van der Waals surface area contributed by atoms with Gasteiger partial charge in [-0.1, -0.05) is 30.3 Å². The summed E-state index contributed by atoms with van der Waals surface area (Å²) in [5, 5.41) is 12.7. The molecule has 0 aromatic heterocycles. The van der Waals surface area contributed by atoms with Gasteiger partial charge >= 0.3 is 0 Å². The Morgan fingerprint density at radius 2 is 2.05 bits per heavy atom. The van der Waals surface area contributed by atoms with Gasteiger partial charge in [0.2, 0.25) is 0 Å². The second kappa shape index (κ2) is 6.50. The minimum atomic E-state index is -2.90. The third-order valence-corrected chi connectivity index (χ3v) is 5.30. The van der Waals surface area contributed by atoms with E-state index in [9.17, 15) is 13.5 Å². The Morgan fingerprint density at radius 1 is 1.32 bits per heavy atom. The average Bonchev–Trinajstić information content (AvgIpc) is 2.38. The van der Waals surface area contributed by atoms with Crippen LogP contribution < -0.4 is 5.32 Å². The summed E-state index contributed by atoms with van der Waals surface area (Å²) < 4.78 is 23.2. The molecule has 2 rings (SSSR count). The van der Waals surface area contributed by atoms with Gasteiger partial charge in [-0.25, -0.2) is 8.42 Å². The Labute approximate surface area is 114 Å². The van der Waals surface area contributed by atoms with Crippen LogP contribution in [0.5, 0.6) is 0 Å². The Kier molecular flexibility index (Phi) is 4.96. The molecule has 1 aromatic carbocycles. The molecule has 4 nitrogen and oxygen atoms in total. The lowest BCUT2D eigenvalue weighted by Crippen LogP contribution is -2.47. The summed E-state index contributed by atoms with van der Waals surface area (Å²) in [7, 11) is -2.90. The van der Waals surface area contributed by atoms with Crippen LogP contribution in [0.1, 0.15) is 18.4 Å². The van der Waals surface area contributed by atoms with Gasteiger partial charge in [0.1, 0.15) is 0 Å². The molecular weight excluding hydrogens is 262 g/mol. The number of benzene rings is 1. The molecule has 2 N–H and O–H groups in total. The summed E-state index contributed by atoms with van der Waals surface area (Å²) in [6, 6.07) is 9.81. The zero-order valence-electron chi connectivity index (χ0n) is 11.0. The van der Waals surface area contributed by atoms with E-state index in [1.807, 2.05) is 30.3 Å². The van der Waals surface area contributed by atoms with E-state index in [1.165, 1.54) is 0 Å². The molecule has 1 unspecified atom stereocenters. The largest absolute Gasteiger partial charge is 0.395 e. The van der Waals surface area contributed by atoms with Crippen molar-refractivity contribution >= 4 is 9.84 Å². The van der Waals surface area contributed by atoms with Crippen LogP contribution in [0.3, 0.4) is 0 Å². The molecule has 0 amide bonds. The predicted molar refractivity (Wildman–Crippen MR) is 75.8 cm³/mol. The van der Waals surface area contributed by atoms with Gasteiger partial charge in [-0.05, 0) is 24.8 Å². The Morgan fingerprint density at radius 3 is 2.68 bits per heavy atom. The number of hydrogen-bond acceptors (Lipinski definition) is 4. The topological polar surface area (TPSA) is 66.4 Å². The van der Waals surface area contributed by atoms with Gasteiger partial charge in [0.05, 0.1) is 18.1 Å². The summed E-state index contributed by atoms with van der Waals surface area (Å²) in [5.41, 5.74) is 1.15. The number of rotatable bonds is 5. The van der Waals surface area contributed by atoms with E-state index in [4.69, 9.17) is 0 Å². The maximum absolute atomic E-state index is 11.6. The molecule has 1 aliphatic heterocycles. The molecule has 0 spiro atoms.